The molecule has 0 unspecified atom stereocenters. The Balaban J connectivity index is 1.83. The van der Waals surface area contributed by atoms with Crippen molar-refractivity contribution in [3.05, 3.63) is 65.9 Å². The summed E-state index contributed by atoms with van der Waals surface area (Å²) in [4.78, 5) is 8.34. The van der Waals surface area contributed by atoms with Gasteiger partial charge in [0.2, 0.25) is 0 Å². The van der Waals surface area contributed by atoms with Crippen molar-refractivity contribution in [1.82, 2.24) is 9.97 Å². The molecule has 3 aromatic rings. The number of fused-ring (bicyclic) bond motifs is 1. The van der Waals surface area contributed by atoms with Gasteiger partial charge in [-0.2, -0.15) is 5.10 Å². The Morgan fingerprint density at radius 3 is 2.92 bits per heavy atom. The molecule has 1 heterocycles. The number of hydrogen-bond acceptors (Lipinski definition) is 5. The lowest BCUT2D eigenvalue weighted by atomic mass is 10.1. The molecule has 0 saturated heterocycles. The van der Waals surface area contributed by atoms with E-state index in [9.17, 15) is 4.39 Å². The van der Waals surface area contributed by atoms with Crippen LogP contribution >= 0.6 is 0 Å². The molecule has 0 radical (unpaired) electrons. The van der Waals surface area contributed by atoms with Crippen molar-refractivity contribution in [2.45, 2.75) is 6.42 Å². The Morgan fingerprint density at radius 1 is 1.25 bits per heavy atom. The maximum absolute atomic E-state index is 13.2. The van der Waals surface area contributed by atoms with Crippen LogP contribution in [0.3, 0.4) is 0 Å². The van der Waals surface area contributed by atoms with Crippen LogP contribution in [0.2, 0.25) is 0 Å². The van der Waals surface area contributed by atoms with Crippen molar-refractivity contribution in [2.75, 3.05) is 11.9 Å². The number of nitrogens with one attached hydrogen (secondary N) is 1. The first-order valence-corrected chi connectivity index (χ1v) is 7.44. The van der Waals surface area contributed by atoms with Gasteiger partial charge in [0.15, 0.2) is 5.84 Å². The van der Waals surface area contributed by atoms with E-state index in [0.717, 1.165) is 16.6 Å². The monoisotopic (exact) mass is 324 g/mol. The molecule has 0 amide bonds. The topological polar surface area (TPSA) is 102 Å². The molecule has 1 aromatic heterocycles. The van der Waals surface area contributed by atoms with Crippen molar-refractivity contribution in [3.8, 4) is 0 Å². The van der Waals surface area contributed by atoms with Gasteiger partial charge in [-0.1, -0.05) is 12.1 Å². The molecule has 5 N–H and O–H groups in total. The summed E-state index contributed by atoms with van der Waals surface area (Å²) < 4.78 is 13.2. The van der Waals surface area contributed by atoms with Crippen LogP contribution in [0, 0.1) is 5.82 Å². The highest BCUT2D eigenvalue weighted by atomic mass is 19.1. The summed E-state index contributed by atoms with van der Waals surface area (Å²) in [6.45, 7) is 0.646. The second kappa shape index (κ2) is 6.91. The number of benzene rings is 2. The van der Waals surface area contributed by atoms with Crippen LogP contribution in [0.15, 0.2) is 54.0 Å². The molecule has 0 fully saturated rings. The lowest BCUT2D eigenvalue weighted by Gasteiger charge is -2.12. The van der Waals surface area contributed by atoms with E-state index in [-0.39, 0.29) is 11.7 Å². The Hall–Kier alpha value is -3.22. The number of hydrazone groups is 1. The summed E-state index contributed by atoms with van der Waals surface area (Å²) in [5, 5.41) is 7.67. The van der Waals surface area contributed by atoms with Crippen molar-refractivity contribution in [2.24, 2.45) is 16.7 Å². The molecular formula is C17H17FN6. The van der Waals surface area contributed by atoms with E-state index in [1.807, 2.05) is 18.2 Å². The second-order valence-corrected chi connectivity index (χ2v) is 5.27. The van der Waals surface area contributed by atoms with E-state index in [2.05, 4.69) is 20.4 Å². The molecule has 0 saturated carbocycles. The minimum atomic E-state index is -0.229. The molecule has 0 aliphatic heterocycles. The van der Waals surface area contributed by atoms with Crippen LogP contribution in [0.25, 0.3) is 10.9 Å². The fourth-order valence-corrected chi connectivity index (χ4v) is 2.54. The third-order valence-corrected chi connectivity index (χ3v) is 3.71. The van der Waals surface area contributed by atoms with Gasteiger partial charge < -0.3 is 16.9 Å². The Morgan fingerprint density at radius 2 is 2.12 bits per heavy atom. The highest BCUT2D eigenvalue weighted by Gasteiger charge is 2.10. The molecule has 0 aliphatic rings. The maximum Gasteiger partial charge on any atom is 0.152 e. The number of hydrogen-bond donors (Lipinski definition) is 3. The van der Waals surface area contributed by atoms with Crippen molar-refractivity contribution in [3.63, 3.8) is 0 Å². The third-order valence-electron chi connectivity index (χ3n) is 3.71. The van der Waals surface area contributed by atoms with E-state index in [0.29, 0.717) is 24.0 Å². The summed E-state index contributed by atoms with van der Waals surface area (Å²) in [7, 11) is 0. The molecular weight excluding hydrogens is 307 g/mol. The molecule has 0 spiro atoms. The van der Waals surface area contributed by atoms with Crippen LogP contribution in [-0.2, 0) is 6.42 Å². The van der Waals surface area contributed by atoms with E-state index < -0.39 is 0 Å². The van der Waals surface area contributed by atoms with Gasteiger partial charge in [-0.3, -0.25) is 0 Å². The van der Waals surface area contributed by atoms with Gasteiger partial charge in [-0.05, 0) is 36.2 Å². The molecule has 0 atom stereocenters. The summed E-state index contributed by atoms with van der Waals surface area (Å²) in [6.07, 6.45) is 3.85. The number of nitrogens with two attached hydrogens (primary N) is 2. The fraction of sp³-hybridized carbons (Fsp3) is 0.118. The highest BCUT2D eigenvalue weighted by molar-refractivity contribution is 6.10. The second-order valence-electron chi connectivity index (χ2n) is 5.27. The zero-order valence-electron chi connectivity index (χ0n) is 12.9. The van der Waals surface area contributed by atoms with Crippen molar-refractivity contribution >= 4 is 22.4 Å². The summed E-state index contributed by atoms with van der Waals surface area (Å²) >= 11 is 0. The van der Waals surface area contributed by atoms with Gasteiger partial charge in [0.05, 0.1) is 5.52 Å². The lowest BCUT2D eigenvalue weighted by Crippen LogP contribution is -2.16. The average molecular weight is 324 g/mol. The average Bonchev–Trinajstić information content (AvgIpc) is 2.61. The van der Waals surface area contributed by atoms with Gasteiger partial charge in [-0.15, -0.1) is 0 Å². The van der Waals surface area contributed by atoms with Crippen LogP contribution in [0.1, 0.15) is 11.1 Å². The zero-order valence-corrected chi connectivity index (χ0v) is 12.9. The smallest absolute Gasteiger partial charge is 0.152 e. The van der Waals surface area contributed by atoms with Gasteiger partial charge in [0, 0.05) is 29.4 Å². The number of rotatable bonds is 5. The molecule has 2 aromatic carbocycles. The first-order valence-electron chi connectivity index (χ1n) is 7.44. The predicted octanol–water partition coefficient (Wildman–Crippen LogP) is 2.00. The molecule has 0 bridgehead atoms. The number of nitrogens with zero attached hydrogens (tertiary/aromatic N) is 3. The minimum absolute atomic E-state index is 0.213. The third kappa shape index (κ3) is 3.24. The number of amidine groups is 1. The minimum Gasteiger partial charge on any atom is -0.384 e. The first kappa shape index (κ1) is 15.7. The van der Waals surface area contributed by atoms with Crippen LogP contribution in [0.5, 0.6) is 0 Å². The van der Waals surface area contributed by atoms with E-state index in [1.165, 1.54) is 18.5 Å². The molecule has 6 nitrogen and oxygen atoms in total. The quantitative estimate of drug-likeness (QED) is 0.288. The summed E-state index contributed by atoms with van der Waals surface area (Å²) in [6, 6.07) is 10.3. The van der Waals surface area contributed by atoms with Crippen molar-refractivity contribution < 1.29 is 4.39 Å². The fourth-order valence-electron chi connectivity index (χ4n) is 2.54. The standard InChI is InChI=1S/C17H17FN6/c18-12-3-1-2-11(8-12)6-7-22-15-5-4-13(17(19)24-20)16-14(15)9-21-10-23-16/h1-5,8-10,22H,6-7,20H2,(H2,19,24). The molecule has 3 rings (SSSR count). The summed E-state index contributed by atoms with van der Waals surface area (Å²) in [5.41, 5.74) is 8.94. The predicted molar refractivity (Wildman–Crippen MR) is 93.0 cm³/mol. The molecule has 7 heteroatoms. The Bertz CT molecular complexity index is 893. The zero-order chi connectivity index (χ0) is 16.9. The Kier molecular flexibility index (Phi) is 4.51. The van der Waals surface area contributed by atoms with E-state index in [4.69, 9.17) is 11.6 Å². The van der Waals surface area contributed by atoms with Crippen LogP contribution in [-0.4, -0.2) is 22.3 Å². The maximum atomic E-state index is 13.2. The van der Waals surface area contributed by atoms with Gasteiger partial charge in [-0.25, -0.2) is 14.4 Å². The number of aromatic nitrogens is 2. The summed E-state index contributed by atoms with van der Waals surface area (Å²) in [5.74, 6) is 5.25. The van der Waals surface area contributed by atoms with Crippen LogP contribution < -0.4 is 16.9 Å². The molecule has 24 heavy (non-hydrogen) atoms. The number of anilines is 1. The first-order chi connectivity index (χ1) is 11.7. The number of halogens is 1. The SMILES string of the molecule is NN=C(N)c1ccc(NCCc2cccc(F)c2)c2cncnc12. The highest BCUT2D eigenvalue weighted by Crippen LogP contribution is 2.24. The lowest BCUT2D eigenvalue weighted by molar-refractivity contribution is 0.625. The van der Waals surface area contributed by atoms with E-state index >= 15 is 0 Å². The largest absolute Gasteiger partial charge is 0.384 e. The Labute approximate surface area is 138 Å². The van der Waals surface area contributed by atoms with Gasteiger partial charge in [0.25, 0.3) is 0 Å². The molecule has 0 aliphatic carbocycles. The van der Waals surface area contributed by atoms with Gasteiger partial charge in [0.1, 0.15) is 12.1 Å². The molecule has 122 valence electrons. The van der Waals surface area contributed by atoms with Gasteiger partial charge >= 0.3 is 0 Å². The van der Waals surface area contributed by atoms with Crippen molar-refractivity contribution in [1.29, 1.82) is 0 Å². The normalized spacial score (nSPS) is 11.6. The van der Waals surface area contributed by atoms with Crippen LogP contribution in [0.4, 0.5) is 10.1 Å². The van der Waals surface area contributed by atoms with E-state index in [1.54, 1.807) is 12.3 Å².